The van der Waals surface area contributed by atoms with Crippen molar-refractivity contribution in [2.45, 2.75) is 6.42 Å². The summed E-state index contributed by atoms with van der Waals surface area (Å²) in [5.41, 5.74) is 5.38. The zero-order chi connectivity index (χ0) is 16.8. The van der Waals surface area contributed by atoms with Crippen molar-refractivity contribution in [2.75, 3.05) is 0 Å². The van der Waals surface area contributed by atoms with Crippen LogP contribution in [0.15, 0.2) is 69.6 Å². The third-order valence-electron chi connectivity index (χ3n) is 3.18. The highest BCUT2D eigenvalue weighted by Gasteiger charge is 2.08. The monoisotopic (exact) mass is 399 g/mol. The van der Waals surface area contributed by atoms with Gasteiger partial charge in [0.05, 0.1) is 18.3 Å². The number of carbonyl (C=O) groups is 1. The smallest absolute Gasteiger partial charge is 0.246 e. The molecule has 1 amide bonds. The lowest BCUT2D eigenvalue weighted by molar-refractivity contribution is -0.120. The summed E-state index contributed by atoms with van der Waals surface area (Å²) < 4.78 is 0.967. The van der Waals surface area contributed by atoms with Crippen molar-refractivity contribution in [3.8, 4) is 11.3 Å². The maximum Gasteiger partial charge on any atom is 0.246 e. The molecule has 120 valence electrons. The topological polar surface area (TPSA) is 54.4 Å². The first-order chi connectivity index (χ1) is 11.7. The van der Waals surface area contributed by atoms with Gasteiger partial charge in [0.25, 0.3) is 0 Å². The van der Waals surface area contributed by atoms with Gasteiger partial charge in [-0.25, -0.2) is 10.4 Å². The highest BCUT2D eigenvalue weighted by molar-refractivity contribution is 9.10. The Hall–Kier alpha value is -2.31. The number of benzene rings is 2. The Balaban J connectivity index is 1.57. The van der Waals surface area contributed by atoms with Crippen LogP contribution < -0.4 is 5.43 Å². The van der Waals surface area contributed by atoms with E-state index in [1.807, 2.05) is 60.0 Å². The van der Waals surface area contributed by atoms with Crippen LogP contribution in [0.5, 0.6) is 0 Å². The molecule has 0 aliphatic heterocycles. The van der Waals surface area contributed by atoms with Gasteiger partial charge in [-0.15, -0.1) is 11.3 Å². The Morgan fingerprint density at radius 1 is 1.21 bits per heavy atom. The van der Waals surface area contributed by atoms with Crippen LogP contribution in [0.3, 0.4) is 0 Å². The predicted molar refractivity (Wildman–Crippen MR) is 101 cm³/mol. The van der Waals surface area contributed by atoms with Crippen molar-refractivity contribution in [1.82, 2.24) is 10.4 Å². The van der Waals surface area contributed by atoms with Crippen LogP contribution in [0.4, 0.5) is 0 Å². The summed E-state index contributed by atoms with van der Waals surface area (Å²) in [5.74, 6) is -0.185. The molecule has 1 heterocycles. The highest BCUT2D eigenvalue weighted by Crippen LogP contribution is 2.21. The van der Waals surface area contributed by atoms with Gasteiger partial charge in [-0.3, -0.25) is 4.79 Å². The van der Waals surface area contributed by atoms with Gasteiger partial charge >= 0.3 is 0 Å². The average Bonchev–Trinajstić information content (AvgIpc) is 3.04. The minimum atomic E-state index is -0.185. The van der Waals surface area contributed by atoms with E-state index >= 15 is 0 Å². The molecule has 0 atom stereocenters. The third-order valence-corrected chi connectivity index (χ3v) is 4.53. The number of nitrogens with zero attached hydrogens (tertiary/aromatic N) is 2. The van der Waals surface area contributed by atoms with Gasteiger partial charge in [0.15, 0.2) is 0 Å². The van der Waals surface area contributed by atoms with Crippen LogP contribution in [-0.2, 0) is 11.2 Å². The molecule has 1 N–H and O–H groups in total. The summed E-state index contributed by atoms with van der Waals surface area (Å²) in [6.45, 7) is 0. The minimum Gasteiger partial charge on any atom is -0.273 e. The SMILES string of the molecule is O=C(Cc1nc(-c2ccccc2)cs1)N/N=C\c1cccc(Br)c1. The zero-order valence-corrected chi connectivity index (χ0v) is 15.0. The van der Waals surface area contributed by atoms with Crippen molar-refractivity contribution in [1.29, 1.82) is 0 Å². The summed E-state index contributed by atoms with van der Waals surface area (Å²) in [4.78, 5) is 16.4. The molecule has 2 aromatic carbocycles. The number of hydrogen-bond donors (Lipinski definition) is 1. The number of hydrogen-bond acceptors (Lipinski definition) is 4. The van der Waals surface area contributed by atoms with E-state index in [0.29, 0.717) is 0 Å². The van der Waals surface area contributed by atoms with Crippen LogP contribution in [0, 0.1) is 0 Å². The Morgan fingerprint density at radius 3 is 2.83 bits per heavy atom. The Morgan fingerprint density at radius 2 is 2.04 bits per heavy atom. The molecule has 0 spiro atoms. The molecule has 0 aliphatic carbocycles. The molecule has 0 saturated carbocycles. The van der Waals surface area contributed by atoms with Crippen LogP contribution in [0.1, 0.15) is 10.6 Å². The van der Waals surface area contributed by atoms with Gasteiger partial charge in [0.2, 0.25) is 5.91 Å². The molecule has 6 heteroatoms. The van der Waals surface area contributed by atoms with Gasteiger partial charge < -0.3 is 0 Å². The lowest BCUT2D eigenvalue weighted by atomic mass is 10.2. The number of halogens is 1. The third kappa shape index (κ3) is 4.59. The van der Waals surface area contributed by atoms with Crippen molar-refractivity contribution in [3.05, 3.63) is 75.0 Å². The number of aromatic nitrogens is 1. The first-order valence-corrected chi connectivity index (χ1v) is 8.95. The standard InChI is InChI=1S/C18H14BrN3OS/c19-15-8-4-5-13(9-15)11-20-22-17(23)10-18-21-16(12-24-18)14-6-2-1-3-7-14/h1-9,11-12H,10H2,(H,22,23)/b20-11-. The van der Waals surface area contributed by atoms with Crippen LogP contribution in [0.2, 0.25) is 0 Å². The number of hydrazone groups is 1. The second-order valence-electron chi connectivity index (χ2n) is 5.02. The fraction of sp³-hybridized carbons (Fsp3) is 0.0556. The van der Waals surface area contributed by atoms with E-state index < -0.39 is 0 Å². The lowest BCUT2D eigenvalue weighted by Crippen LogP contribution is -2.19. The number of amides is 1. The predicted octanol–water partition coefficient (Wildman–Crippen LogP) is 4.27. The van der Waals surface area contributed by atoms with Crippen LogP contribution in [0.25, 0.3) is 11.3 Å². The fourth-order valence-electron chi connectivity index (χ4n) is 2.08. The normalized spacial score (nSPS) is 10.9. The molecule has 3 aromatic rings. The molecule has 0 unspecified atom stereocenters. The second kappa shape index (κ2) is 7.99. The van der Waals surface area contributed by atoms with E-state index in [1.54, 1.807) is 6.21 Å². The molecule has 0 fully saturated rings. The zero-order valence-electron chi connectivity index (χ0n) is 12.6. The lowest BCUT2D eigenvalue weighted by Gasteiger charge is -1.98. The molecular weight excluding hydrogens is 386 g/mol. The van der Waals surface area contributed by atoms with E-state index in [0.717, 1.165) is 26.3 Å². The van der Waals surface area contributed by atoms with Crippen LogP contribution in [-0.4, -0.2) is 17.1 Å². The number of nitrogens with one attached hydrogen (secondary N) is 1. The molecule has 24 heavy (non-hydrogen) atoms. The molecule has 0 radical (unpaired) electrons. The van der Waals surface area contributed by atoms with Crippen molar-refractivity contribution >= 4 is 39.4 Å². The summed E-state index contributed by atoms with van der Waals surface area (Å²) in [7, 11) is 0. The quantitative estimate of drug-likeness (QED) is 0.514. The number of rotatable bonds is 5. The van der Waals surface area contributed by atoms with Crippen LogP contribution >= 0.6 is 27.3 Å². The molecule has 3 rings (SSSR count). The number of thiazole rings is 1. The van der Waals surface area contributed by atoms with E-state index in [2.05, 4.69) is 31.4 Å². The minimum absolute atomic E-state index is 0.185. The Labute approximate surface area is 152 Å². The molecule has 0 bridgehead atoms. The van der Waals surface area contributed by atoms with E-state index in [1.165, 1.54) is 11.3 Å². The Bertz CT molecular complexity index is 861. The van der Waals surface area contributed by atoms with Gasteiger partial charge in [-0.1, -0.05) is 58.4 Å². The summed E-state index contributed by atoms with van der Waals surface area (Å²) in [6.07, 6.45) is 1.83. The first kappa shape index (κ1) is 16.5. The summed E-state index contributed by atoms with van der Waals surface area (Å²) in [5, 5.41) is 6.70. The van der Waals surface area contributed by atoms with Gasteiger partial charge in [0, 0.05) is 15.4 Å². The fourth-order valence-corrected chi connectivity index (χ4v) is 3.30. The number of carbonyl (C=O) groups excluding carboxylic acids is 1. The Kier molecular flexibility index (Phi) is 5.51. The molecular formula is C18H14BrN3OS. The van der Waals surface area contributed by atoms with Gasteiger partial charge in [-0.2, -0.15) is 5.10 Å². The van der Waals surface area contributed by atoms with Crippen molar-refractivity contribution in [2.24, 2.45) is 5.10 Å². The van der Waals surface area contributed by atoms with Crippen molar-refractivity contribution in [3.63, 3.8) is 0 Å². The van der Waals surface area contributed by atoms with E-state index in [-0.39, 0.29) is 12.3 Å². The molecule has 0 saturated heterocycles. The average molecular weight is 400 g/mol. The maximum absolute atomic E-state index is 11.9. The molecule has 4 nitrogen and oxygen atoms in total. The van der Waals surface area contributed by atoms with Gasteiger partial charge in [0.1, 0.15) is 5.01 Å². The maximum atomic E-state index is 11.9. The molecule has 1 aromatic heterocycles. The molecule has 0 aliphatic rings. The summed E-state index contributed by atoms with van der Waals surface area (Å²) in [6, 6.07) is 17.6. The summed E-state index contributed by atoms with van der Waals surface area (Å²) >= 11 is 4.87. The van der Waals surface area contributed by atoms with E-state index in [9.17, 15) is 4.79 Å². The van der Waals surface area contributed by atoms with E-state index in [4.69, 9.17) is 0 Å². The largest absolute Gasteiger partial charge is 0.273 e. The van der Waals surface area contributed by atoms with Crippen molar-refractivity contribution < 1.29 is 4.79 Å². The highest BCUT2D eigenvalue weighted by atomic mass is 79.9. The second-order valence-corrected chi connectivity index (χ2v) is 6.88. The van der Waals surface area contributed by atoms with Gasteiger partial charge in [-0.05, 0) is 17.7 Å². The first-order valence-electron chi connectivity index (χ1n) is 7.28.